The molecule has 0 saturated carbocycles. The number of para-hydroxylation sites is 1. The molecule has 1 atom stereocenters. The SMILES string of the molecule is Cc1ncc(CNCC(O)c2ccc(Cl)cc2)n1-c1ccccc1. The standard InChI is InChI=1S/C19H20ClN3O/c1-14-22-12-18(23(14)17-5-3-2-4-6-17)11-21-13-19(24)15-7-9-16(20)10-8-15/h2-10,12,19,21,24H,11,13H2,1H3. The average molecular weight is 342 g/mol. The third-order valence-electron chi connectivity index (χ3n) is 3.92. The van der Waals surface area contributed by atoms with Gasteiger partial charge < -0.3 is 10.4 Å². The summed E-state index contributed by atoms with van der Waals surface area (Å²) in [4.78, 5) is 4.40. The summed E-state index contributed by atoms with van der Waals surface area (Å²) in [6.45, 7) is 3.07. The Morgan fingerprint density at radius 2 is 1.83 bits per heavy atom. The summed E-state index contributed by atoms with van der Waals surface area (Å²) in [5, 5.41) is 14.2. The fourth-order valence-corrected chi connectivity index (χ4v) is 2.81. The van der Waals surface area contributed by atoms with Crippen molar-refractivity contribution in [3.05, 3.63) is 82.9 Å². The van der Waals surface area contributed by atoms with Crippen molar-refractivity contribution in [3.63, 3.8) is 0 Å². The summed E-state index contributed by atoms with van der Waals surface area (Å²) in [5.41, 5.74) is 2.99. The highest BCUT2D eigenvalue weighted by atomic mass is 35.5. The van der Waals surface area contributed by atoms with Crippen LogP contribution < -0.4 is 5.32 Å². The number of nitrogens with zero attached hydrogens (tertiary/aromatic N) is 2. The molecule has 0 saturated heterocycles. The van der Waals surface area contributed by atoms with Gasteiger partial charge in [0, 0.05) is 23.8 Å². The minimum Gasteiger partial charge on any atom is -0.387 e. The van der Waals surface area contributed by atoms with Crippen LogP contribution in [-0.2, 0) is 6.54 Å². The van der Waals surface area contributed by atoms with E-state index in [-0.39, 0.29) is 0 Å². The average Bonchev–Trinajstić information content (AvgIpc) is 2.97. The smallest absolute Gasteiger partial charge is 0.110 e. The lowest BCUT2D eigenvalue weighted by Gasteiger charge is -2.14. The summed E-state index contributed by atoms with van der Waals surface area (Å²) in [6, 6.07) is 17.4. The molecule has 0 aliphatic rings. The number of benzene rings is 2. The van der Waals surface area contributed by atoms with Crippen LogP contribution in [0.4, 0.5) is 0 Å². The Morgan fingerprint density at radius 3 is 2.54 bits per heavy atom. The Kier molecular flexibility index (Phi) is 5.30. The molecule has 0 aliphatic heterocycles. The normalized spacial score (nSPS) is 12.3. The van der Waals surface area contributed by atoms with Crippen molar-refractivity contribution < 1.29 is 5.11 Å². The van der Waals surface area contributed by atoms with E-state index < -0.39 is 6.10 Å². The second kappa shape index (κ2) is 7.62. The van der Waals surface area contributed by atoms with Gasteiger partial charge in [-0.3, -0.25) is 4.57 Å². The highest BCUT2D eigenvalue weighted by molar-refractivity contribution is 6.30. The molecule has 5 heteroatoms. The predicted octanol–water partition coefficient (Wildman–Crippen LogP) is 3.66. The van der Waals surface area contributed by atoms with Crippen LogP contribution in [0.25, 0.3) is 5.69 Å². The van der Waals surface area contributed by atoms with Gasteiger partial charge in [0.25, 0.3) is 0 Å². The first kappa shape index (κ1) is 16.7. The molecule has 3 aromatic rings. The van der Waals surface area contributed by atoms with Gasteiger partial charge >= 0.3 is 0 Å². The van der Waals surface area contributed by atoms with Crippen LogP contribution in [0.1, 0.15) is 23.2 Å². The number of aryl methyl sites for hydroxylation is 1. The minimum atomic E-state index is -0.573. The first-order chi connectivity index (χ1) is 11.6. The van der Waals surface area contributed by atoms with Gasteiger partial charge in [0.05, 0.1) is 18.0 Å². The maximum atomic E-state index is 10.3. The van der Waals surface area contributed by atoms with E-state index in [1.165, 1.54) is 0 Å². The summed E-state index contributed by atoms with van der Waals surface area (Å²) >= 11 is 5.87. The number of rotatable bonds is 6. The van der Waals surface area contributed by atoms with Gasteiger partial charge in [-0.2, -0.15) is 0 Å². The molecule has 0 amide bonds. The fraction of sp³-hybridized carbons (Fsp3) is 0.211. The molecule has 0 bridgehead atoms. The number of imidazole rings is 1. The van der Waals surface area contributed by atoms with Crippen LogP contribution in [0.15, 0.2) is 60.8 Å². The van der Waals surface area contributed by atoms with Gasteiger partial charge in [-0.25, -0.2) is 4.98 Å². The molecule has 0 fully saturated rings. The van der Waals surface area contributed by atoms with Crippen molar-refractivity contribution in [3.8, 4) is 5.69 Å². The first-order valence-electron chi connectivity index (χ1n) is 7.88. The van der Waals surface area contributed by atoms with E-state index in [9.17, 15) is 5.11 Å². The van der Waals surface area contributed by atoms with Crippen LogP contribution in [0.3, 0.4) is 0 Å². The number of hydrogen-bond acceptors (Lipinski definition) is 3. The molecule has 2 aromatic carbocycles. The van der Waals surface area contributed by atoms with E-state index in [1.54, 1.807) is 12.1 Å². The molecule has 0 radical (unpaired) electrons. The lowest BCUT2D eigenvalue weighted by atomic mass is 10.1. The fourth-order valence-electron chi connectivity index (χ4n) is 2.69. The summed E-state index contributed by atoms with van der Waals surface area (Å²) < 4.78 is 2.11. The number of nitrogens with one attached hydrogen (secondary N) is 1. The van der Waals surface area contributed by atoms with Gasteiger partial charge in [0.15, 0.2) is 0 Å². The maximum Gasteiger partial charge on any atom is 0.110 e. The second-order valence-electron chi connectivity index (χ2n) is 5.67. The molecule has 0 spiro atoms. The molecule has 3 rings (SSSR count). The molecule has 1 heterocycles. The Labute approximate surface area is 146 Å². The largest absolute Gasteiger partial charge is 0.387 e. The van der Waals surface area contributed by atoms with Crippen LogP contribution >= 0.6 is 11.6 Å². The number of hydrogen-bond donors (Lipinski definition) is 2. The highest BCUT2D eigenvalue weighted by Crippen LogP contribution is 2.17. The zero-order chi connectivity index (χ0) is 16.9. The number of halogens is 1. The zero-order valence-corrected chi connectivity index (χ0v) is 14.2. The van der Waals surface area contributed by atoms with Crippen molar-refractivity contribution in [2.75, 3.05) is 6.54 Å². The Morgan fingerprint density at radius 1 is 1.12 bits per heavy atom. The number of aliphatic hydroxyl groups is 1. The predicted molar refractivity (Wildman–Crippen MR) is 96.4 cm³/mol. The minimum absolute atomic E-state index is 0.459. The second-order valence-corrected chi connectivity index (χ2v) is 6.10. The molecule has 1 aromatic heterocycles. The van der Waals surface area contributed by atoms with E-state index in [0.29, 0.717) is 18.1 Å². The Hall–Kier alpha value is -2.14. The Bertz CT molecular complexity index is 784. The topological polar surface area (TPSA) is 50.1 Å². The molecule has 4 nitrogen and oxygen atoms in total. The van der Waals surface area contributed by atoms with Gasteiger partial charge in [-0.1, -0.05) is 41.9 Å². The van der Waals surface area contributed by atoms with Gasteiger partial charge in [-0.15, -0.1) is 0 Å². The summed E-state index contributed by atoms with van der Waals surface area (Å²) in [6.07, 6.45) is 1.29. The van der Waals surface area contributed by atoms with Crippen LogP contribution in [-0.4, -0.2) is 21.2 Å². The summed E-state index contributed by atoms with van der Waals surface area (Å²) in [7, 11) is 0. The molecule has 24 heavy (non-hydrogen) atoms. The van der Waals surface area contributed by atoms with Crippen molar-refractivity contribution in [2.24, 2.45) is 0 Å². The van der Waals surface area contributed by atoms with Crippen molar-refractivity contribution in [1.82, 2.24) is 14.9 Å². The van der Waals surface area contributed by atoms with Crippen LogP contribution in [0, 0.1) is 6.92 Å². The monoisotopic (exact) mass is 341 g/mol. The molecule has 124 valence electrons. The van der Waals surface area contributed by atoms with Gasteiger partial charge in [0.1, 0.15) is 5.82 Å². The molecule has 2 N–H and O–H groups in total. The molecular weight excluding hydrogens is 322 g/mol. The zero-order valence-electron chi connectivity index (χ0n) is 13.5. The van der Waals surface area contributed by atoms with Crippen LogP contribution in [0.2, 0.25) is 5.02 Å². The maximum absolute atomic E-state index is 10.3. The van der Waals surface area contributed by atoms with Crippen molar-refractivity contribution in [1.29, 1.82) is 0 Å². The van der Waals surface area contributed by atoms with Gasteiger partial charge in [0.2, 0.25) is 0 Å². The third kappa shape index (κ3) is 3.85. The molecular formula is C19H20ClN3O. The van der Waals surface area contributed by atoms with E-state index in [4.69, 9.17) is 11.6 Å². The lowest BCUT2D eigenvalue weighted by Crippen LogP contribution is -2.22. The van der Waals surface area contributed by atoms with Crippen molar-refractivity contribution >= 4 is 11.6 Å². The van der Waals surface area contributed by atoms with E-state index >= 15 is 0 Å². The first-order valence-corrected chi connectivity index (χ1v) is 8.26. The third-order valence-corrected chi connectivity index (χ3v) is 4.18. The number of aliphatic hydroxyl groups excluding tert-OH is 1. The summed E-state index contributed by atoms with van der Waals surface area (Å²) in [5.74, 6) is 0.941. The lowest BCUT2D eigenvalue weighted by molar-refractivity contribution is 0.174. The van der Waals surface area contributed by atoms with Crippen molar-refractivity contribution in [2.45, 2.75) is 19.6 Å². The molecule has 1 unspecified atom stereocenters. The van der Waals surface area contributed by atoms with Crippen LogP contribution in [0.5, 0.6) is 0 Å². The molecule has 0 aliphatic carbocycles. The highest BCUT2D eigenvalue weighted by Gasteiger charge is 2.10. The quantitative estimate of drug-likeness (QED) is 0.719. The van der Waals surface area contributed by atoms with E-state index in [1.807, 2.05) is 43.5 Å². The van der Waals surface area contributed by atoms with E-state index in [0.717, 1.165) is 22.8 Å². The number of aromatic nitrogens is 2. The van der Waals surface area contributed by atoms with Gasteiger partial charge in [-0.05, 0) is 36.8 Å². The Balaban J connectivity index is 1.64. The van der Waals surface area contributed by atoms with E-state index in [2.05, 4.69) is 27.0 Å².